The number of amides is 1. The number of hydrogen-bond acceptors (Lipinski definition) is 5. The smallest absolute Gasteiger partial charge is 0.267 e. The molecule has 0 aliphatic rings. The van der Waals surface area contributed by atoms with Gasteiger partial charge in [-0.15, -0.1) is 0 Å². The first-order valence-corrected chi connectivity index (χ1v) is 10.6. The summed E-state index contributed by atoms with van der Waals surface area (Å²) in [6.07, 6.45) is 5.31. The summed E-state index contributed by atoms with van der Waals surface area (Å²) in [6.45, 7) is 0.824. The molecule has 30 heavy (non-hydrogen) atoms. The van der Waals surface area contributed by atoms with Crippen LogP contribution in [0.25, 0.3) is 17.2 Å². The second kappa shape index (κ2) is 9.08. The van der Waals surface area contributed by atoms with Crippen LogP contribution in [0.15, 0.2) is 78.0 Å². The zero-order chi connectivity index (χ0) is 21.7. The molecule has 0 aliphatic heterocycles. The molecule has 0 saturated carbocycles. The number of rotatable bonds is 7. The molecule has 0 radical (unpaired) electrons. The molecule has 156 valence electrons. The molecule has 1 amide bonds. The van der Waals surface area contributed by atoms with E-state index in [1.54, 1.807) is 30.3 Å². The van der Waals surface area contributed by atoms with Crippen LogP contribution in [0.3, 0.4) is 0 Å². The lowest BCUT2D eigenvalue weighted by atomic mass is 10.0. The second-order valence-corrected chi connectivity index (χ2v) is 8.89. The Bertz CT molecular complexity index is 1160. The molecule has 0 fully saturated rings. The second-order valence-electron chi connectivity index (χ2n) is 7.05. The zero-order valence-corrected chi connectivity index (χ0v) is 17.5. The van der Waals surface area contributed by atoms with Crippen LogP contribution in [0.4, 0.5) is 0 Å². The van der Waals surface area contributed by atoms with Crippen LogP contribution in [0.1, 0.15) is 11.1 Å². The summed E-state index contributed by atoms with van der Waals surface area (Å²) in [4.78, 5) is 13.3. The minimum Gasteiger partial charge on any atom is -0.305 e. The van der Waals surface area contributed by atoms with Crippen LogP contribution < -0.4 is 5.48 Å². The number of hydrogen-bond donors (Lipinski definition) is 2. The topological polar surface area (TPSA) is 91.6 Å². The molecule has 0 saturated heterocycles. The Hall–Kier alpha value is -3.20. The van der Waals surface area contributed by atoms with Gasteiger partial charge in [0, 0.05) is 25.0 Å². The zero-order valence-electron chi connectivity index (χ0n) is 16.7. The minimum atomic E-state index is -3.76. The normalized spacial score (nSPS) is 11.9. The Balaban J connectivity index is 1.83. The number of benzene rings is 2. The van der Waals surface area contributed by atoms with Crippen molar-refractivity contribution in [3.05, 3.63) is 84.2 Å². The number of hydroxylamine groups is 1. The molecule has 0 atom stereocenters. The largest absolute Gasteiger partial charge is 0.305 e. The van der Waals surface area contributed by atoms with E-state index >= 15 is 0 Å². The van der Waals surface area contributed by atoms with E-state index in [2.05, 4.69) is 17.0 Å². The lowest BCUT2D eigenvalue weighted by Gasteiger charge is -2.11. The Labute approximate surface area is 175 Å². The van der Waals surface area contributed by atoms with E-state index in [4.69, 9.17) is 5.21 Å². The minimum absolute atomic E-state index is 0.162. The Morgan fingerprint density at radius 3 is 2.50 bits per heavy atom. The summed E-state index contributed by atoms with van der Waals surface area (Å²) in [5.41, 5.74) is 5.12. The average molecular weight is 426 g/mol. The molecule has 1 heterocycles. The number of carbonyl (C=O) groups is 1. The molecule has 3 aromatic rings. The number of nitrogens with one attached hydrogen (secondary N) is 1. The van der Waals surface area contributed by atoms with E-state index in [1.807, 2.05) is 26.2 Å². The standard InChI is InChI=1S/C22H23N3O4S/c1-24(2)15-18-4-3-5-20(14-18)19-7-9-21(10-8-19)30(28,29)25-13-12-17(16-25)6-11-22(26)23-27/h3-14,16,27H,15H2,1-2H3,(H,23,26). The van der Waals surface area contributed by atoms with Crippen LogP contribution >= 0.6 is 0 Å². The highest BCUT2D eigenvalue weighted by Crippen LogP contribution is 2.24. The van der Waals surface area contributed by atoms with Crippen molar-refractivity contribution in [2.45, 2.75) is 11.4 Å². The first-order chi connectivity index (χ1) is 14.3. The van der Waals surface area contributed by atoms with Crippen LogP contribution in [0.2, 0.25) is 0 Å². The van der Waals surface area contributed by atoms with Gasteiger partial charge in [-0.05, 0) is 66.7 Å². The van der Waals surface area contributed by atoms with Gasteiger partial charge in [0.05, 0.1) is 4.90 Å². The first kappa shape index (κ1) is 21.5. The predicted octanol–water partition coefficient (Wildman–Crippen LogP) is 2.97. The Morgan fingerprint density at radius 1 is 1.10 bits per heavy atom. The van der Waals surface area contributed by atoms with Gasteiger partial charge in [0.1, 0.15) is 0 Å². The van der Waals surface area contributed by atoms with Gasteiger partial charge in [0.2, 0.25) is 0 Å². The van der Waals surface area contributed by atoms with Gasteiger partial charge >= 0.3 is 0 Å². The van der Waals surface area contributed by atoms with E-state index in [0.29, 0.717) is 5.56 Å². The van der Waals surface area contributed by atoms with Crippen molar-refractivity contribution in [3.63, 3.8) is 0 Å². The Kier molecular flexibility index (Phi) is 6.51. The third-order valence-electron chi connectivity index (χ3n) is 4.42. The molecular weight excluding hydrogens is 402 g/mol. The van der Waals surface area contributed by atoms with Crippen molar-refractivity contribution in [3.8, 4) is 11.1 Å². The molecule has 2 N–H and O–H groups in total. The fraction of sp³-hybridized carbons (Fsp3) is 0.136. The van der Waals surface area contributed by atoms with Crippen molar-refractivity contribution in [2.24, 2.45) is 0 Å². The highest BCUT2D eigenvalue weighted by molar-refractivity contribution is 7.90. The van der Waals surface area contributed by atoms with Crippen molar-refractivity contribution in [1.82, 2.24) is 14.4 Å². The number of carbonyl (C=O) groups excluding carboxylic acids is 1. The van der Waals surface area contributed by atoms with Crippen molar-refractivity contribution in [1.29, 1.82) is 0 Å². The summed E-state index contributed by atoms with van der Waals surface area (Å²) >= 11 is 0. The van der Waals surface area contributed by atoms with Crippen molar-refractivity contribution in [2.75, 3.05) is 14.1 Å². The summed E-state index contributed by atoms with van der Waals surface area (Å²) in [7, 11) is 0.261. The van der Waals surface area contributed by atoms with E-state index in [1.165, 1.54) is 29.5 Å². The molecule has 7 nitrogen and oxygen atoms in total. The predicted molar refractivity (Wildman–Crippen MR) is 115 cm³/mol. The van der Waals surface area contributed by atoms with Crippen molar-refractivity contribution >= 4 is 22.0 Å². The quantitative estimate of drug-likeness (QED) is 0.345. The maximum atomic E-state index is 12.9. The maximum Gasteiger partial charge on any atom is 0.267 e. The molecule has 0 bridgehead atoms. The average Bonchev–Trinajstić information content (AvgIpc) is 3.22. The molecule has 0 aliphatic carbocycles. The molecule has 0 unspecified atom stereocenters. The van der Waals surface area contributed by atoms with Gasteiger partial charge in [0.25, 0.3) is 15.9 Å². The van der Waals surface area contributed by atoms with Crippen LogP contribution in [0.5, 0.6) is 0 Å². The molecule has 0 spiro atoms. The van der Waals surface area contributed by atoms with Crippen molar-refractivity contribution < 1.29 is 18.4 Å². The van der Waals surface area contributed by atoms with Gasteiger partial charge in [0.15, 0.2) is 0 Å². The molecule has 2 aromatic carbocycles. The third-order valence-corrected chi connectivity index (χ3v) is 6.07. The van der Waals surface area contributed by atoms with Crippen LogP contribution in [-0.4, -0.2) is 42.5 Å². The van der Waals surface area contributed by atoms with E-state index in [-0.39, 0.29) is 4.90 Å². The van der Waals surface area contributed by atoms with Gasteiger partial charge in [-0.3, -0.25) is 10.0 Å². The van der Waals surface area contributed by atoms with E-state index in [0.717, 1.165) is 27.7 Å². The highest BCUT2D eigenvalue weighted by atomic mass is 32.2. The van der Waals surface area contributed by atoms with E-state index in [9.17, 15) is 13.2 Å². The fourth-order valence-corrected chi connectivity index (χ4v) is 4.21. The summed E-state index contributed by atoms with van der Waals surface area (Å²) in [6, 6.07) is 16.4. The van der Waals surface area contributed by atoms with Gasteiger partial charge < -0.3 is 4.90 Å². The number of aromatic nitrogens is 1. The highest BCUT2D eigenvalue weighted by Gasteiger charge is 2.16. The van der Waals surface area contributed by atoms with Gasteiger partial charge in [-0.2, -0.15) is 0 Å². The molecule has 8 heteroatoms. The first-order valence-electron chi connectivity index (χ1n) is 9.19. The molecular formula is C22H23N3O4S. The van der Waals surface area contributed by atoms with Gasteiger partial charge in [-0.25, -0.2) is 17.9 Å². The lowest BCUT2D eigenvalue weighted by Crippen LogP contribution is -2.14. The maximum absolute atomic E-state index is 12.9. The fourth-order valence-electron chi connectivity index (χ4n) is 3.01. The summed E-state index contributed by atoms with van der Waals surface area (Å²) < 4.78 is 26.9. The molecule has 1 aromatic heterocycles. The van der Waals surface area contributed by atoms with Crippen LogP contribution in [0, 0.1) is 0 Å². The summed E-state index contributed by atoms with van der Waals surface area (Å²) in [5, 5.41) is 8.50. The SMILES string of the molecule is CN(C)Cc1cccc(-c2ccc(S(=O)(=O)n3ccc(C=CC(=O)NO)c3)cc2)c1. The monoisotopic (exact) mass is 425 g/mol. The Morgan fingerprint density at radius 2 is 1.83 bits per heavy atom. The van der Waals surface area contributed by atoms with Gasteiger partial charge in [-0.1, -0.05) is 30.3 Å². The van der Waals surface area contributed by atoms with Crippen LogP contribution in [-0.2, 0) is 21.4 Å². The molecule has 3 rings (SSSR count). The number of nitrogens with zero attached hydrogens (tertiary/aromatic N) is 2. The summed E-state index contributed by atoms with van der Waals surface area (Å²) in [5.74, 6) is -0.698. The third kappa shape index (κ3) is 5.04. The lowest BCUT2D eigenvalue weighted by molar-refractivity contribution is -0.124. The van der Waals surface area contributed by atoms with E-state index < -0.39 is 15.9 Å².